The molecule has 0 bridgehead atoms. The summed E-state index contributed by atoms with van der Waals surface area (Å²) in [5.74, 6) is -1.36. The van der Waals surface area contributed by atoms with Gasteiger partial charge in [-0.1, -0.05) is 64.6 Å². The average molecular weight is 544 g/mol. The fourth-order valence-corrected chi connectivity index (χ4v) is 4.03. The minimum Gasteiger partial charge on any atom is -0.365 e. The highest BCUT2D eigenvalue weighted by Gasteiger charge is 2.22. The Morgan fingerprint density at radius 3 is 2.21 bits per heavy atom. The molecule has 4 rings (SSSR count). The summed E-state index contributed by atoms with van der Waals surface area (Å²) in [7, 11) is 0. The van der Waals surface area contributed by atoms with Crippen molar-refractivity contribution in [2.45, 2.75) is 25.8 Å². The number of benzene rings is 3. The topological polar surface area (TPSA) is 30.9 Å². The van der Waals surface area contributed by atoms with Crippen LogP contribution in [0.3, 0.4) is 0 Å². The summed E-state index contributed by atoms with van der Waals surface area (Å²) in [6.45, 7) is 0.845. The molecule has 0 aliphatic carbocycles. The van der Waals surface area contributed by atoms with E-state index < -0.39 is 17.7 Å². The van der Waals surface area contributed by atoms with Crippen molar-refractivity contribution in [1.82, 2.24) is 9.78 Å². The van der Waals surface area contributed by atoms with Gasteiger partial charge in [-0.05, 0) is 41.5 Å². The molecule has 0 aliphatic heterocycles. The minimum absolute atomic E-state index is 0.142. The third-order valence-electron chi connectivity index (χ3n) is 5.08. The summed E-state index contributed by atoms with van der Waals surface area (Å²) < 4.78 is 37.6. The number of aromatic nitrogens is 3. The lowest BCUT2D eigenvalue weighted by atomic mass is 10.1. The Hall–Kier alpha value is -2.22. The second-order valence-corrected chi connectivity index (χ2v) is 9.23. The van der Waals surface area contributed by atoms with Gasteiger partial charge in [0, 0.05) is 16.7 Å². The van der Waals surface area contributed by atoms with Crippen molar-refractivity contribution in [3.05, 3.63) is 116 Å². The van der Waals surface area contributed by atoms with Crippen LogP contribution < -0.4 is 4.57 Å². The molecule has 176 valence electrons. The van der Waals surface area contributed by atoms with E-state index in [4.69, 9.17) is 51.1 Å². The van der Waals surface area contributed by atoms with Crippen LogP contribution in [0.1, 0.15) is 22.8 Å². The number of hydrogen-bond acceptors (Lipinski definition) is 2. The molecule has 1 heterocycles. The van der Waals surface area contributed by atoms with Crippen LogP contribution in [0.5, 0.6) is 0 Å². The van der Waals surface area contributed by atoms with Crippen LogP contribution >= 0.6 is 46.4 Å². The van der Waals surface area contributed by atoms with Crippen LogP contribution in [0.15, 0.2) is 67.3 Å². The molecule has 34 heavy (non-hydrogen) atoms. The highest BCUT2D eigenvalue weighted by atomic mass is 35.5. The molecule has 0 aliphatic rings. The first-order valence-electron chi connectivity index (χ1n) is 10.1. The van der Waals surface area contributed by atoms with Gasteiger partial charge >= 0.3 is 0 Å². The van der Waals surface area contributed by atoms with Crippen LogP contribution in [0, 0.1) is 11.6 Å². The van der Waals surface area contributed by atoms with Gasteiger partial charge in [-0.25, -0.2) is 13.3 Å². The molecule has 0 amide bonds. The van der Waals surface area contributed by atoms with E-state index in [0.29, 0.717) is 26.6 Å². The number of rotatable bonds is 8. The summed E-state index contributed by atoms with van der Waals surface area (Å²) >= 11 is 24.1. The zero-order valence-electron chi connectivity index (χ0n) is 17.6. The average Bonchev–Trinajstić information content (AvgIpc) is 3.23. The maximum Gasteiger partial charge on any atom is 0.265 e. The van der Waals surface area contributed by atoms with E-state index in [2.05, 4.69) is 5.10 Å². The van der Waals surface area contributed by atoms with E-state index >= 15 is 0 Å². The Morgan fingerprint density at radius 1 is 0.853 bits per heavy atom. The molecule has 0 saturated heterocycles. The summed E-state index contributed by atoms with van der Waals surface area (Å²) in [5, 5.41) is 6.12. The van der Waals surface area contributed by atoms with Crippen LogP contribution in [0.4, 0.5) is 8.78 Å². The van der Waals surface area contributed by atoms with E-state index in [9.17, 15) is 8.78 Å². The van der Waals surface area contributed by atoms with Gasteiger partial charge in [-0.2, -0.15) is 0 Å². The summed E-state index contributed by atoms with van der Waals surface area (Å²) in [6, 6.07) is 13.9. The largest absolute Gasteiger partial charge is 0.365 e. The van der Waals surface area contributed by atoms with Crippen molar-refractivity contribution < 1.29 is 18.1 Å². The normalized spacial score (nSPS) is 12.2. The van der Waals surface area contributed by atoms with Gasteiger partial charge in [0.15, 0.2) is 0 Å². The molecule has 0 N–H and O–H groups in total. The molecule has 1 unspecified atom stereocenters. The molecule has 0 spiro atoms. The van der Waals surface area contributed by atoms with Crippen molar-refractivity contribution in [3.63, 3.8) is 0 Å². The van der Waals surface area contributed by atoms with E-state index in [0.717, 1.165) is 17.2 Å². The predicted molar refractivity (Wildman–Crippen MR) is 128 cm³/mol. The Balaban J connectivity index is 1.53. The van der Waals surface area contributed by atoms with Gasteiger partial charge in [-0.3, -0.25) is 0 Å². The van der Waals surface area contributed by atoms with Crippen LogP contribution in [-0.4, -0.2) is 9.78 Å². The maximum absolute atomic E-state index is 14.6. The molecule has 10 heteroatoms. The van der Waals surface area contributed by atoms with Gasteiger partial charge in [0.25, 0.3) is 6.33 Å². The highest BCUT2D eigenvalue weighted by Crippen LogP contribution is 2.27. The summed E-state index contributed by atoms with van der Waals surface area (Å²) in [6.07, 6.45) is 2.66. The molecule has 4 nitrogen and oxygen atoms in total. The van der Waals surface area contributed by atoms with Crippen molar-refractivity contribution in [2.24, 2.45) is 0 Å². The first-order valence-corrected chi connectivity index (χ1v) is 11.7. The monoisotopic (exact) mass is 542 g/mol. The second kappa shape index (κ2) is 11.0. The zero-order valence-corrected chi connectivity index (χ0v) is 20.6. The van der Waals surface area contributed by atoms with E-state index in [1.807, 2.05) is 10.6 Å². The maximum atomic E-state index is 14.6. The highest BCUT2D eigenvalue weighted by molar-refractivity contribution is 6.42. The smallest absolute Gasteiger partial charge is 0.265 e. The number of hydrogen-bond donors (Lipinski definition) is 0. The van der Waals surface area contributed by atoms with Gasteiger partial charge < -0.3 is 4.74 Å². The number of halogens is 6. The molecule has 1 aromatic heterocycles. The quantitative estimate of drug-likeness (QED) is 0.222. The van der Waals surface area contributed by atoms with Crippen molar-refractivity contribution in [2.75, 3.05) is 0 Å². The Bertz CT molecular complexity index is 1320. The fraction of sp³-hybridized carbons (Fsp3) is 0.167. The standard InChI is InChI=1S/C24H18Cl4F2N3O/c25-19-5-1-15(7-21(19)27)10-32-13-31-33(14-32)11-24(18-4-3-17(29)9-23(18)30)34-12-16-2-6-20(26)22(28)8-16/h1-9,13-14,24H,10-12H2/q+1. The zero-order chi connectivity index (χ0) is 24.2. The molecular weight excluding hydrogens is 526 g/mol. The molecule has 0 radical (unpaired) electrons. The third kappa shape index (κ3) is 6.26. The second-order valence-electron chi connectivity index (χ2n) is 7.60. The first-order chi connectivity index (χ1) is 16.3. The molecule has 1 atom stereocenters. The molecule has 0 fully saturated rings. The van der Waals surface area contributed by atoms with Crippen molar-refractivity contribution >= 4 is 46.4 Å². The van der Waals surface area contributed by atoms with Gasteiger partial charge in [-0.15, -0.1) is 4.68 Å². The summed E-state index contributed by atoms with van der Waals surface area (Å²) in [5.41, 5.74) is 1.92. The van der Waals surface area contributed by atoms with Gasteiger partial charge in [0.2, 0.25) is 6.33 Å². The first kappa shape index (κ1) is 24.9. The lowest BCUT2D eigenvalue weighted by Gasteiger charge is -2.17. The lowest BCUT2D eigenvalue weighted by molar-refractivity contribution is -0.689. The van der Waals surface area contributed by atoms with Gasteiger partial charge in [0.1, 0.15) is 24.3 Å². The van der Waals surface area contributed by atoms with Crippen molar-refractivity contribution in [1.29, 1.82) is 0 Å². The van der Waals surface area contributed by atoms with E-state index in [1.54, 1.807) is 47.7 Å². The molecule has 3 aromatic carbocycles. The predicted octanol–water partition coefficient (Wildman–Crippen LogP) is 7.07. The van der Waals surface area contributed by atoms with Crippen LogP contribution in [0.2, 0.25) is 20.1 Å². The Morgan fingerprint density at radius 2 is 1.53 bits per heavy atom. The molecule has 0 saturated carbocycles. The number of ether oxygens (including phenoxy) is 1. The van der Waals surface area contributed by atoms with Gasteiger partial charge in [0.05, 0.1) is 33.2 Å². The fourth-order valence-electron chi connectivity index (χ4n) is 3.39. The lowest BCUT2D eigenvalue weighted by Crippen LogP contribution is -2.31. The third-order valence-corrected chi connectivity index (χ3v) is 6.55. The number of nitrogens with zero attached hydrogens (tertiary/aromatic N) is 3. The Kier molecular flexibility index (Phi) is 8.06. The summed E-state index contributed by atoms with van der Waals surface area (Å²) in [4.78, 5) is 0. The van der Waals surface area contributed by atoms with Crippen LogP contribution in [-0.2, 0) is 24.4 Å². The van der Waals surface area contributed by atoms with Crippen molar-refractivity contribution in [3.8, 4) is 0 Å². The van der Waals surface area contributed by atoms with E-state index in [1.165, 1.54) is 12.1 Å². The van der Waals surface area contributed by atoms with E-state index in [-0.39, 0.29) is 18.7 Å². The Labute approximate surface area is 215 Å². The SMILES string of the molecule is Fc1ccc(C(Cn2c[n+](Cc3ccc(Cl)c(Cl)c3)cn2)OCc2ccc(Cl)c(Cl)c2)c(F)c1. The minimum atomic E-state index is -0.742. The van der Waals surface area contributed by atoms with Crippen LogP contribution in [0.25, 0.3) is 0 Å². The molecular formula is C24H18Cl4F2N3O+. The molecule has 4 aromatic rings.